The summed E-state index contributed by atoms with van der Waals surface area (Å²) in [6, 6.07) is 5.50. The lowest BCUT2D eigenvalue weighted by molar-refractivity contribution is 0.00578. The van der Waals surface area contributed by atoms with Crippen LogP contribution in [0.4, 0.5) is 0 Å². The predicted molar refractivity (Wildman–Crippen MR) is 96.4 cm³/mol. The number of carbonyl (C=O) groups is 1. The number of methoxy groups -OCH3 is 1. The maximum absolute atomic E-state index is 11.2. The summed E-state index contributed by atoms with van der Waals surface area (Å²) < 4.78 is 17.4. The van der Waals surface area contributed by atoms with E-state index in [1.807, 2.05) is 46.9 Å². The Hall–Kier alpha value is -1.63. The number of carbonyl (C=O) groups excluding carboxylic acids is 1. The number of ether oxygens (including phenoxy) is 1. The molecule has 130 valence electrons. The summed E-state index contributed by atoms with van der Waals surface area (Å²) in [4.78, 5) is 11.2. The molecule has 1 saturated heterocycles. The van der Waals surface area contributed by atoms with E-state index >= 15 is 0 Å². The molecular formula is C18H26BNO4. The molecule has 5 nitrogen and oxygen atoms in total. The molecule has 1 aliphatic heterocycles. The van der Waals surface area contributed by atoms with Crippen LogP contribution in [0.2, 0.25) is 0 Å². The van der Waals surface area contributed by atoms with Crippen molar-refractivity contribution in [2.75, 3.05) is 20.7 Å². The van der Waals surface area contributed by atoms with Crippen molar-refractivity contribution in [2.45, 2.75) is 38.9 Å². The normalized spacial score (nSPS) is 19.4. The van der Waals surface area contributed by atoms with Crippen LogP contribution >= 0.6 is 0 Å². The number of aldehydes is 1. The lowest BCUT2D eigenvalue weighted by atomic mass is 9.77. The Bertz CT molecular complexity index is 624. The largest absolute Gasteiger partial charge is 0.496 e. The summed E-state index contributed by atoms with van der Waals surface area (Å²) in [5, 5.41) is 3.15. The Morgan fingerprint density at radius 1 is 1.25 bits per heavy atom. The summed E-state index contributed by atoms with van der Waals surface area (Å²) in [6.07, 6.45) is 2.79. The fourth-order valence-corrected chi connectivity index (χ4v) is 2.55. The maximum atomic E-state index is 11.2. The zero-order valence-corrected chi connectivity index (χ0v) is 15.3. The fraction of sp³-hybridized carbons (Fsp3) is 0.500. The van der Waals surface area contributed by atoms with Gasteiger partial charge in [-0.1, -0.05) is 12.1 Å². The van der Waals surface area contributed by atoms with E-state index in [-0.39, 0.29) is 0 Å². The van der Waals surface area contributed by atoms with E-state index in [0.717, 1.165) is 17.3 Å². The first-order valence-corrected chi connectivity index (χ1v) is 8.08. The molecule has 0 aromatic heterocycles. The number of benzene rings is 1. The molecular weight excluding hydrogens is 305 g/mol. The van der Waals surface area contributed by atoms with Gasteiger partial charge in [0.1, 0.15) is 5.75 Å². The van der Waals surface area contributed by atoms with Gasteiger partial charge in [0.25, 0.3) is 0 Å². The van der Waals surface area contributed by atoms with Crippen molar-refractivity contribution in [3.8, 4) is 5.75 Å². The van der Waals surface area contributed by atoms with Gasteiger partial charge in [-0.05, 0) is 57.9 Å². The van der Waals surface area contributed by atoms with E-state index in [1.165, 1.54) is 0 Å². The van der Waals surface area contributed by atoms with Gasteiger partial charge in [0.15, 0.2) is 6.29 Å². The first-order chi connectivity index (χ1) is 11.2. The number of hydrogen-bond donors (Lipinski definition) is 1. The van der Waals surface area contributed by atoms with E-state index in [9.17, 15) is 4.79 Å². The van der Waals surface area contributed by atoms with E-state index < -0.39 is 18.3 Å². The van der Waals surface area contributed by atoms with Crippen molar-refractivity contribution in [2.24, 2.45) is 0 Å². The highest BCUT2D eigenvalue weighted by Gasteiger charge is 2.52. The molecule has 0 atom stereocenters. The molecule has 0 unspecified atom stereocenters. The number of nitrogens with one attached hydrogen (secondary N) is 1. The molecule has 1 aromatic carbocycles. The van der Waals surface area contributed by atoms with Crippen molar-refractivity contribution in [1.29, 1.82) is 0 Å². The van der Waals surface area contributed by atoms with Gasteiger partial charge in [-0.2, -0.15) is 0 Å². The van der Waals surface area contributed by atoms with Crippen molar-refractivity contribution in [3.63, 3.8) is 0 Å². The first kappa shape index (κ1) is 18.7. The van der Waals surface area contributed by atoms with E-state index in [0.29, 0.717) is 17.9 Å². The highest BCUT2D eigenvalue weighted by atomic mass is 16.7. The number of hydrogen-bond acceptors (Lipinski definition) is 5. The zero-order chi connectivity index (χ0) is 18.0. The Morgan fingerprint density at radius 2 is 1.88 bits per heavy atom. The minimum absolute atomic E-state index is 0.391. The van der Waals surface area contributed by atoms with Crippen molar-refractivity contribution < 1.29 is 18.8 Å². The molecule has 6 heteroatoms. The average Bonchev–Trinajstić information content (AvgIpc) is 2.74. The van der Waals surface area contributed by atoms with Gasteiger partial charge in [0.05, 0.1) is 23.9 Å². The number of likely N-dealkylation sites (N-methyl/N-ethyl adjacent to an activating group) is 1. The molecule has 0 saturated carbocycles. The third-order valence-electron chi connectivity index (χ3n) is 4.67. The SMILES string of the molecule is CNCC(=Cc1ccc(OC)c(C=O)c1)B1OC(C)(C)C(C)(C)O1. The second-order valence-corrected chi connectivity index (χ2v) is 6.96. The van der Waals surface area contributed by atoms with Crippen LogP contribution in [0.5, 0.6) is 5.75 Å². The first-order valence-electron chi connectivity index (χ1n) is 8.08. The van der Waals surface area contributed by atoms with Crippen LogP contribution in [0.3, 0.4) is 0 Å². The van der Waals surface area contributed by atoms with E-state index in [1.54, 1.807) is 19.2 Å². The van der Waals surface area contributed by atoms with Crippen LogP contribution in [-0.2, 0) is 9.31 Å². The highest BCUT2D eigenvalue weighted by Crippen LogP contribution is 2.38. The molecule has 1 aliphatic rings. The summed E-state index contributed by atoms with van der Waals surface area (Å²) in [7, 11) is 3.00. The molecule has 0 amide bonds. The van der Waals surface area contributed by atoms with Gasteiger partial charge in [0.2, 0.25) is 0 Å². The van der Waals surface area contributed by atoms with Crippen LogP contribution in [0, 0.1) is 0 Å². The van der Waals surface area contributed by atoms with Gasteiger partial charge in [0, 0.05) is 6.54 Å². The Morgan fingerprint density at radius 3 is 2.38 bits per heavy atom. The van der Waals surface area contributed by atoms with Crippen molar-refractivity contribution in [1.82, 2.24) is 5.32 Å². The van der Waals surface area contributed by atoms with Gasteiger partial charge in [-0.15, -0.1) is 0 Å². The standard InChI is InChI=1S/C18H26BNO4/c1-17(2)18(3,4)24-19(23-17)15(11-20-5)10-13-7-8-16(22-6)14(9-13)12-21/h7-10,12,20H,11H2,1-6H3. The second kappa shape index (κ2) is 7.09. The minimum Gasteiger partial charge on any atom is -0.496 e. The molecule has 1 heterocycles. The molecule has 0 aliphatic carbocycles. The van der Waals surface area contributed by atoms with Gasteiger partial charge < -0.3 is 19.4 Å². The van der Waals surface area contributed by atoms with Gasteiger partial charge in [-0.3, -0.25) is 4.79 Å². The zero-order valence-electron chi connectivity index (χ0n) is 15.3. The minimum atomic E-state index is -0.427. The predicted octanol–water partition coefficient (Wildman–Crippen LogP) is 2.74. The van der Waals surface area contributed by atoms with Crippen molar-refractivity contribution >= 4 is 19.5 Å². The molecule has 1 aromatic rings. The lowest BCUT2D eigenvalue weighted by Crippen LogP contribution is -2.41. The maximum Gasteiger partial charge on any atom is 0.491 e. The Balaban J connectivity index is 2.34. The molecule has 1 fully saturated rings. The van der Waals surface area contributed by atoms with Crippen LogP contribution in [0.25, 0.3) is 6.08 Å². The topological polar surface area (TPSA) is 56.8 Å². The second-order valence-electron chi connectivity index (χ2n) is 6.96. The summed E-state index contributed by atoms with van der Waals surface area (Å²) in [5.41, 5.74) is 1.61. The molecule has 0 spiro atoms. The van der Waals surface area contributed by atoms with E-state index in [2.05, 4.69) is 5.32 Å². The Labute approximate surface area is 144 Å². The quantitative estimate of drug-likeness (QED) is 0.642. The fourth-order valence-electron chi connectivity index (χ4n) is 2.55. The third kappa shape index (κ3) is 3.71. The van der Waals surface area contributed by atoms with Gasteiger partial charge >= 0.3 is 7.12 Å². The van der Waals surface area contributed by atoms with E-state index in [4.69, 9.17) is 14.0 Å². The summed E-state index contributed by atoms with van der Waals surface area (Å²) in [5.74, 6) is 0.563. The van der Waals surface area contributed by atoms with Crippen LogP contribution in [0.15, 0.2) is 23.7 Å². The van der Waals surface area contributed by atoms with Crippen LogP contribution < -0.4 is 10.1 Å². The lowest BCUT2D eigenvalue weighted by Gasteiger charge is -2.32. The van der Waals surface area contributed by atoms with Gasteiger partial charge in [-0.25, -0.2) is 0 Å². The molecule has 24 heavy (non-hydrogen) atoms. The highest BCUT2D eigenvalue weighted by molar-refractivity contribution is 6.55. The summed E-state index contributed by atoms with van der Waals surface area (Å²) >= 11 is 0. The third-order valence-corrected chi connectivity index (χ3v) is 4.67. The number of rotatable bonds is 6. The molecule has 2 rings (SSSR count). The smallest absolute Gasteiger partial charge is 0.491 e. The monoisotopic (exact) mass is 331 g/mol. The van der Waals surface area contributed by atoms with Crippen molar-refractivity contribution in [3.05, 3.63) is 34.8 Å². The van der Waals surface area contributed by atoms with Crippen LogP contribution in [0.1, 0.15) is 43.6 Å². The molecule has 0 radical (unpaired) electrons. The van der Waals surface area contributed by atoms with Crippen LogP contribution in [-0.4, -0.2) is 45.3 Å². The summed E-state index contributed by atoms with van der Waals surface area (Å²) in [6.45, 7) is 8.74. The average molecular weight is 331 g/mol. The molecule has 1 N–H and O–H groups in total. The molecule has 0 bridgehead atoms. The Kier molecular flexibility index (Phi) is 5.53.